The maximum absolute atomic E-state index is 12.2. The minimum atomic E-state index is -0.121. The van der Waals surface area contributed by atoms with E-state index in [4.69, 9.17) is 11.6 Å². The number of benzodiazepines with no additional fused rings is 1. The predicted molar refractivity (Wildman–Crippen MR) is 123 cm³/mol. The van der Waals surface area contributed by atoms with Crippen LogP contribution in [-0.2, 0) is 4.79 Å². The summed E-state index contributed by atoms with van der Waals surface area (Å²) in [4.78, 5) is 21.1. The number of aliphatic imine (C=N–C) groups is 1. The monoisotopic (exact) mass is 426 g/mol. The predicted octanol–water partition coefficient (Wildman–Crippen LogP) is 4.96. The summed E-state index contributed by atoms with van der Waals surface area (Å²) in [5.41, 5.74) is 5.57. The molecule has 2 heterocycles. The lowest BCUT2D eigenvalue weighted by atomic mass is 9.93. The molecule has 5 nitrogen and oxygen atoms in total. The minimum Gasteiger partial charge on any atom is -0.326 e. The van der Waals surface area contributed by atoms with Gasteiger partial charge in [0, 0.05) is 28.5 Å². The molecule has 3 aromatic carbocycles. The standard InChI is InChI=1S/C25H19ClN4O/c26-20-9-6-18(7-10-20)25(30-13-12-27-16-30)19-8-11-22-21(14-19)24(28-15-23(31)29-22)17-4-2-1-3-5-17/h1-14,16,25H,15H2,(H,29,31). The number of hydrogen-bond donors (Lipinski definition) is 1. The molecule has 0 radical (unpaired) electrons. The first kappa shape index (κ1) is 19.3. The Balaban J connectivity index is 1.67. The summed E-state index contributed by atoms with van der Waals surface area (Å²) in [6.45, 7) is 0.0936. The number of hydrogen-bond acceptors (Lipinski definition) is 3. The summed E-state index contributed by atoms with van der Waals surface area (Å²) in [7, 11) is 0. The number of aromatic nitrogens is 2. The van der Waals surface area contributed by atoms with Crippen molar-refractivity contribution in [3.8, 4) is 0 Å². The zero-order chi connectivity index (χ0) is 21.2. The highest BCUT2D eigenvalue weighted by Crippen LogP contribution is 2.32. The number of nitrogens with one attached hydrogen (secondary N) is 1. The Hall–Kier alpha value is -3.70. The Morgan fingerprint density at radius 1 is 0.968 bits per heavy atom. The van der Waals surface area contributed by atoms with Gasteiger partial charge in [-0.05, 0) is 35.4 Å². The molecule has 1 unspecified atom stereocenters. The smallest absolute Gasteiger partial charge is 0.246 e. The summed E-state index contributed by atoms with van der Waals surface area (Å²) in [6.07, 6.45) is 5.52. The van der Waals surface area contributed by atoms with Gasteiger partial charge in [0.25, 0.3) is 0 Å². The first-order valence-corrected chi connectivity index (χ1v) is 10.3. The number of carbonyl (C=O) groups excluding carboxylic acids is 1. The van der Waals surface area contributed by atoms with E-state index < -0.39 is 0 Å². The van der Waals surface area contributed by atoms with Crippen molar-refractivity contribution in [2.45, 2.75) is 6.04 Å². The van der Waals surface area contributed by atoms with Crippen molar-refractivity contribution in [2.24, 2.45) is 4.99 Å². The van der Waals surface area contributed by atoms with Crippen molar-refractivity contribution in [1.82, 2.24) is 9.55 Å². The van der Waals surface area contributed by atoms with E-state index in [9.17, 15) is 4.79 Å². The third kappa shape index (κ3) is 3.88. The van der Waals surface area contributed by atoms with E-state index in [-0.39, 0.29) is 18.5 Å². The van der Waals surface area contributed by atoms with Gasteiger partial charge >= 0.3 is 0 Å². The molecule has 0 saturated carbocycles. The van der Waals surface area contributed by atoms with Crippen LogP contribution < -0.4 is 5.32 Å². The fourth-order valence-electron chi connectivity index (χ4n) is 3.91. The molecule has 31 heavy (non-hydrogen) atoms. The number of anilines is 1. The second-order valence-electron chi connectivity index (χ2n) is 7.35. The molecule has 1 aliphatic heterocycles. The van der Waals surface area contributed by atoms with Crippen LogP contribution in [0.25, 0.3) is 0 Å². The van der Waals surface area contributed by atoms with E-state index in [0.717, 1.165) is 33.7 Å². The van der Waals surface area contributed by atoms with Gasteiger partial charge in [0.15, 0.2) is 0 Å². The molecule has 1 atom stereocenters. The number of carbonyl (C=O) groups is 1. The molecule has 4 aromatic rings. The molecule has 1 aromatic heterocycles. The second-order valence-corrected chi connectivity index (χ2v) is 7.78. The molecule has 152 valence electrons. The van der Waals surface area contributed by atoms with Crippen molar-refractivity contribution in [3.05, 3.63) is 119 Å². The van der Waals surface area contributed by atoms with Gasteiger partial charge in [-0.1, -0.05) is 60.1 Å². The highest BCUT2D eigenvalue weighted by molar-refractivity contribution is 6.30. The largest absolute Gasteiger partial charge is 0.326 e. The average molecular weight is 427 g/mol. The molecule has 1 aliphatic rings. The molecular formula is C25H19ClN4O. The van der Waals surface area contributed by atoms with Crippen LogP contribution in [0.5, 0.6) is 0 Å². The van der Waals surface area contributed by atoms with E-state index >= 15 is 0 Å². The van der Waals surface area contributed by atoms with Gasteiger partial charge in [0.1, 0.15) is 6.54 Å². The van der Waals surface area contributed by atoms with Crippen LogP contribution in [0.3, 0.4) is 0 Å². The molecule has 0 aliphatic carbocycles. The lowest BCUT2D eigenvalue weighted by Crippen LogP contribution is -2.15. The summed E-state index contributed by atoms with van der Waals surface area (Å²) in [6, 6.07) is 23.8. The van der Waals surface area contributed by atoms with Gasteiger partial charge in [-0.3, -0.25) is 9.79 Å². The molecule has 1 amide bonds. The Morgan fingerprint density at radius 2 is 1.74 bits per heavy atom. The Kier molecular flexibility index (Phi) is 5.10. The zero-order valence-corrected chi connectivity index (χ0v) is 17.3. The quantitative estimate of drug-likeness (QED) is 0.501. The first-order chi connectivity index (χ1) is 15.2. The van der Waals surface area contributed by atoms with Crippen LogP contribution >= 0.6 is 11.6 Å². The maximum atomic E-state index is 12.2. The van der Waals surface area contributed by atoms with Crippen molar-refractivity contribution < 1.29 is 4.79 Å². The average Bonchev–Trinajstić information content (AvgIpc) is 3.26. The van der Waals surface area contributed by atoms with Crippen LogP contribution in [0.15, 0.2) is 96.5 Å². The number of rotatable bonds is 4. The summed E-state index contributed by atoms with van der Waals surface area (Å²) >= 11 is 6.13. The number of fused-ring (bicyclic) bond motifs is 1. The highest BCUT2D eigenvalue weighted by Gasteiger charge is 2.22. The zero-order valence-electron chi connectivity index (χ0n) is 16.6. The van der Waals surface area contributed by atoms with Gasteiger partial charge in [-0.25, -0.2) is 4.98 Å². The van der Waals surface area contributed by atoms with E-state index in [1.807, 2.05) is 72.9 Å². The lowest BCUT2D eigenvalue weighted by Gasteiger charge is -2.22. The molecule has 6 heteroatoms. The van der Waals surface area contributed by atoms with E-state index in [0.29, 0.717) is 5.02 Å². The Labute approximate surface area is 185 Å². The van der Waals surface area contributed by atoms with Crippen LogP contribution in [0.2, 0.25) is 5.02 Å². The number of imidazole rings is 1. The Bertz CT molecular complexity index is 1250. The fraction of sp³-hybridized carbons (Fsp3) is 0.0800. The molecule has 0 fully saturated rings. The van der Waals surface area contributed by atoms with Gasteiger partial charge in [-0.2, -0.15) is 0 Å². The maximum Gasteiger partial charge on any atom is 0.246 e. The molecule has 5 rings (SSSR count). The summed E-state index contributed by atoms with van der Waals surface area (Å²) in [5.74, 6) is -0.121. The van der Waals surface area contributed by atoms with Crippen molar-refractivity contribution in [1.29, 1.82) is 0 Å². The topological polar surface area (TPSA) is 59.3 Å². The third-order valence-corrected chi connectivity index (χ3v) is 5.58. The number of benzene rings is 3. The van der Waals surface area contributed by atoms with E-state index in [2.05, 4.69) is 25.9 Å². The van der Waals surface area contributed by atoms with Crippen molar-refractivity contribution in [3.63, 3.8) is 0 Å². The van der Waals surface area contributed by atoms with Gasteiger partial charge in [-0.15, -0.1) is 0 Å². The van der Waals surface area contributed by atoms with Crippen LogP contribution in [-0.4, -0.2) is 27.7 Å². The minimum absolute atomic E-state index is 0.0936. The summed E-state index contributed by atoms with van der Waals surface area (Å²) in [5, 5.41) is 3.67. The highest BCUT2D eigenvalue weighted by atomic mass is 35.5. The molecule has 0 saturated heterocycles. The number of nitrogens with zero attached hydrogens (tertiary/aromatic N) is 3. The van der Waals surface area contributed by atoms with Gasteiger partial charge in [0.05, 0.1) is 23.8 Å². The van der Waals surface area contributed by atoms with Crippen molar-refractivity contribution >= 4 is 28.9 Å². The normalized spacial score (nSPS) is 14.2. The fourth-order valence-corrected chi connectivity index (χ4v) is 4.04. The third-order valence-electron chi connectivity index (χ3n) is 5.33. The van der Waals surface area contributed by atoms with E-state index in [1.165, 1.54) is 0 Å². The molecule has 0 spiro atoms. The van der Waals surface area contributed by atoms with Crippen LogP contribution in [0, 0.1) is 0 Å². The lowest BCUT2D eigenvalue weighted by molar-refractivity contribution is -0.114. The van der Waals surface area contributed by atoms with Crippen molar-refractivity contribution in [2.75, 3.05) is 11.9 Å². The second kappa shape index (κ2) is 8.20. The molecule has 1 N–H and O–H groups in total. The number of halogens is 1. The van der Waals surface area contributed by atoms with Gasteiger partial charge < -0.3 is 9.88 Å². The molecular weight excluding hydrogens is 408 g/mol. The van der Waals surface area contributed by atoms with Crippen LogP contribution in [0.1, 0.15) is 28.3 Å². The summed E-state index contributed by atoms with van der Waals surface area (Å²) < 4.78 is 2.06. The SMILES string of the molecule is O=C1CN=C(c2ccccc2)c2cc(C(c3ccc(Cl)cc3)n3ccnc3)ccc2N1. The van der Waals surface area contributed by atoms with E-state index in [1.54, 1.807) is 12.5 Å². The van der Waals surface area contributed by atoms with Gasteiger partial charge in [0.2, 0.25) is 5.91 Å². The number of amides is 1. The first-order valence-electron chi connectivity index (χ1n) is 9.96. The Morgan fingerprint density at radius 3 is 2.48 bits per heavy atom. The van der Waals surface area contributed by atoms with Crippen LogP contribution in [0.4, 0.5) is 5.69 Å². The molecule has 0 bridgehead atoms.